The summed E-state index contributed by atoms with van der Waals surface area (Å²) in [6.07, 6.45) is 0. The monoisotopic (exact) mass is 269 g/mol. The van der Waals surface area contributed by atoms with Gasteiger partial charge in [0.2, 0.25) is 0 Å². The molecule has 0 saturated carbocycles. The van der Waals surface area contributed by atoms with E-state index in [4.69, 9.17) is 10.5 Å². The molecule has 0 unspecified atom stereocenters. The van der Waals surface area contributed by atoms with Crippen molar-refractivity contribution in [3.8, 4) is 5.75 Å². The Balaban J connectivity index is 1.74. The normalized spacial score (nSPS) is 10.8. The van der Waals surface area contributed by atoms with Crippen molar-refractivity contribution in [1.29, 1.82) is 0 Å². The molecule has 2 aromatic carbocycles. The zero-order valence-corrected chi connectivity index (χ0v) is 11.3. The summed E-state index contributed by atoms with van der Waals surface area (Å²) in [4.78, 5) is 0. The summed E-state index contributed by atoms with van der Waals surface area (Å²) in [6.45, 7) is 1.17. The minimum Gasteiger partial charge on any atom is -0.489 e. The van der Waals surface area contributed by atoms with E-state index in [1.54, 1.807) is 11.3 Å². The van der Waals surface area contributed by atoms with Gasteiger partial charge in [-0.05, 0) is 34.5 Å². The smallest absolute Gasteiger partial charge is 0.119 e. The van der Waals surface area contributed by atoms with Crippen molar-refractivity contribution < 1.29 is 4.74 Å². The quantitative estimate of drug-likeness (QED) is 0.778. The molecule has 0 amide bonds. The maximum atomic E-state index is 5.82. The second-order valence-electron chi connectivity index (χ2n) is 4.39. The fourth-order valence-electron chi connectivity index (χ4n) is 2.03. The van der Waals surface area contributed by atoms with Crippen LogP contribution >= 0.6 is 11.3 Å². The standard InChI is InChI=1S/C16H15NOS/c17-9-12-5-7-14(8-6-12)18-10-13-11-19-16-4-2-1-3-15(13)16/h1-8,11H,9-10,17H2. The Labute approximate surface area is 116 Å². The van der Waals surface area contributed by atoms with E-state index in [1.165, 1.54) is 15.6 Å². The lowest BCUT2D eigenvalue weighted by atomic mass is 10.2. The second kappa shape index (κ2) is 5.43. The molecule has 0 radical (unpaired) electrons. The van der Waals surface area contributed by atoms with Crippen LogP contribution in [0.3, 0.4) is 0 Å². The van der Waals surface area contributed by atoms with Crippen LogP contribution in [0.25, 0.3) is 10.1 Å². The van der Waals surface area contributed by atoms with Crippen LogP contribution < -0.4 is 10.5 Å². The molecule has 3 aromatic rings. The zero-order chi connectivity index (χ0) is 13.1. The summed E-state index contributed by atoms with van der Waals surface area (Å²) in [7, 11) is 0. The summed E-state index contributed by atoms with van der Waals surface area (Å²) in [5.74, 6) is 0.882. The van der Waals surface area contributed by atoms with Crippen LogP contribution in [-0.4, -0.2) is 0 Å². The molecule has 96 valence electrons. The number of thiophene rings is 1. The fraction of sp³-hybridized carbons (Fsp3) is 0.125. The Kier molecular flexibility index (Phi) is 3.49. The average molecular weight is 269 g/mol. The van der Waals surface area contributed by atoms with Gasteiger partial charge in [-0.2, -0.15) is 0 Å². The Morgan fingerprint density at radius 3 is 2.58 bits per heavy atom. The molecule has 1 heterocycles. The predicted molar refractivity (Wildman–Crippen MR) is 80.5 cm³/mol. The highest BCUT2D eigenvalue weighted by molar-refractivity contribution is 7.17. The minimum absolute atomic E-state index is 0.565. The zero-order valence-electron chi connectivity index (χ0n) is 10.5. The number of nitrogens with two attached hydrogens (primary N) is 1. The van der Waals surface area contributed by atoms with Crippen LogP contribution in [0.1, 0.15) is 11.1 Å². The van der Waals surface area contributed by atoms with Crippen molar-refractivity contribution >= 4 is 21.4 Å². The third-order valence-electron chi connectivity index (χ3n) is 3.11. The molecule has 2 N–H and O–H groups in total. The van der Waals surface area contributed by atoms with Crippen molar-refractivity contribution in [3.05, 3.63) is 65.0 Å². The largest absolute Gasteiger partial charge is 0.489 e. The molecule has 3 heteroatoms. The van der Waals surface area contributed by atoms with Gasteiger partial charge in [-0.25, -0.2) is 0 Å². The lowest BCUT2D eigenvalue weighted by Gasteiger charge is -2.06. The van der Waals surface area contributed by atoms with Crippen LogP contribution in [0, 0.1) is 0 Å². The first kappa shape index (κ1) is 12.2. The van der Waals surface area contributed by atoms with Gasteiger partial charge in [0.15, 0.2) is 0 Å². The first-order chi connectivity index (χ1) is 9.36. The highest BCUT2D eigenvalue weighted by Gasteiger charge is 2.04. The average Bonchev–Trinajstić information content (AvgIpc) is 2.89. The van der Waals surface area contributed by atoms with Crippen molar-refractivity contribution in [2.24, 2.45) is 5.73 Å². The Hall–Kier alpha value is -1.84. The molecule has 0 aliphatic rings. The van der Waals surface area contributed by atoms with E-state index in [0.717, 1.165) is 11.3 Å². The first-order valence-electron chi connectivity index (χ1n) is 6.24. The van der Waals surface area contributed by atoms with Gasteiger partial charge < -0.3 is 10.5 Å². The van der Waals surface area contributed by atoms with Gasteiger partial charge in [-0.15, -0.1) is 11.3 Å². The van der Waals surface area contributed by atoms with E-state index in [1.807, 2.05) is 24.3 Å². The van der Waals surface area contributed by atoms with E-state index in [9.17, 15) is 0 Å². The first-order valence-corrected chi connectivity index (χ1v) is 7.12. The second-order valence-corrected chi connectivity index (χ2v) is 5.31. The summed E-state index contributed by atoms with van der Waals surface area (Å²) in [5, 5.41) is 3.45. The minimum atomic E-state index is 0.565. The Morgan fingerprint density at radius 2 is 1.79 bits per heavy atom. The van der Waals surface area contributed by atoms with E-state index >= 15 is 0 Å². The van der Waals surface area contributed by atoms with Crippen LogP contribution in [-0.2, 0) is 13.2 Å². The van der Waals surface area contributed by atoms with Gasteiger partial charge in [-0.3, -0.25) is 0 Å². The lowest BCUT2D eigenvalue weighted by Crippen LogP contribution is -1.97. The number of rotatable bonds is 4. The van der Waals surface area contributed by atoms with E-state index in [2.05, 4.69) is 29.6 Å². The highest BCUT2D eigenvalue weighted by atomic mass is 32.1. The molecule has 3 rings (SSSR count). The lowest BCUT2D eigenvalue weighted by molar-refractivity contribution is 0.308. The maximum absolute atomic E-state index is 5.82. The van der Waals surface area contributed by atoms with Gasteiger partial charge in [0.1, 0.15) is 12.4 Å². The number of fused-ring (bicyclic) bond motifs is 1. The SMILES string of the molecule is NCc1ccc(OCc2csc3ccccc23)cc1. The molecule has 0 atom stereocenters. The van der Waals surface area contributed by atoms with Gasteiger partial charge in [-0.1, -0.05) is 30.3 Å². The summed E-state index contributed by atoms with van der Waals surface area (Å²) >= 11 is 1.76. The molecule has 1 aromatic heterocycles. The summed E-state index contributed by atoms with van der Waals surface area (Å²) < 4.78 is 7.13. The van der Waals surface area contributed by atoms with E-state index < -0.39 is 0 Å². The third kappa shape index (κ3) is 2.62. The molecule has 0 bridgehead atoms. The molecular formula is C16H15NOS. The highest BCUT2D eigenvalue weighted by Crippen LogP contribution is 2.26. The van der Waals surface area contributed by atoms with Gasteiger partial charge in [0, 0.05) is 16.8 Å². The van der Waals surface area contributed by atoms with Crippen LogP contribution in [0.15, 0.2) is 53.9 Å². The molecule has 2 nitrogen and oxygen atoms in total. The molecule has 0 aliphatic heterocycles. The van der Waals surface area contributed by atoms with Gasteiger partial charge >= 0.3 is 0 Å². The van der Waals surface area contributed by atoms with Crippen LogP contribution in [0.2, 0.25) is 0 Å². The maximum Gasteiger partial charge on any atom is 0.119 e. The molecular weight excluding hydrogens is 254 g/mol. The topological polar surface area (TPSA) is 35.2 Å². The number of hydrogen-bond donors (Lipinski definition) is 1. The number of benzene rings is 2. The van der Waals surface area contributed by atoms with Crippen molar-refractivity contribution in [1.82, 2.24) is 0 Å². The summed E-state index contributed by atoms with van der Waals surface area (Å²) in [5.41, 5.74) is 7.93. The summed E-state index contributed by atoms with van der Waals surface area (Å²) in [6, 6.07) is 16.3. The molecule has 19 heavy (non-hydrogen) atoms. The molecule has 0 saturated heterocycles. The van der Waals surface area contributed by atoms with Gasteiger partial charge in [0.05, 0.1) is 0 Å². The molecule has 0 fully saturated rings. The van der Waals surface area contributed by atoms with E-state index in [-0.39, 0.29) is 0 Å². The Bertz CT molecular complexity index is 673. The van der Waals surface area contributed by atoms with Crippen LogP contribution in [0.4, 0.5) is 0 Å². The van der Waals surface area contributed by atoms with Crippen molar-refractivity contribution in [3.63, 3.8) is 0 Å². The predicted octanol–water partition coefficient (Wildman–Crippen LogP) is 3.94. The molecule has 0 aliphatic carbocycles. The van der Waals surface area contributed by atoms with Crippen molar-refractivity contribution in [2.45, 2.75) is 13.2 Å². The van der Waals surface area contributed by atoms with Crippen molar-refractivity contribution in [2.75, 3.05) is 0 Å². The van der Waals surface area contributed by atoms with E-state index in [0.29, 0.717) is 13.2 Å². The third-order valence-corrected chi connectivity index (χ3v) is 4.13. The fourth-order valence-corrected chi connectivity index (χ4v) is 2.97. The number of ether oxygens (including phenoxy) is 1. The number of hydrogen-bond acceptors (Lipinski definition) is 3. The van der Waals surface area contributed by atoms with Crippen LogP contribution in [0.5, 0.6) is 5.75 Å². The Morgan fingerprint density at radius 1 is 1.00 bits per heavy atom. The van der Waals surface area contributed by atoms with Gasteiger partial charge in [0.25, 0.3) is 0 Å². The molecule has 0 spiro atoms.